The Morgan fingerprint density at radius 2 is 2.33 bits per heavy atom. The molecule has 1 saturated heterocycles. The van der Waals surface area contributed by atoms with Gasteiger partial charge in [-0.3, -0.25) is 4.79 Å². The highest BCUT2D eigenvalue weighted by Gasteiger charge is 2.23. The molecule has 0 aliphatic carbocycles. The maximum atomic E-state index is 12.4. The maximum Gasteiger partial charge on any atom is 0.251 e. The number of carbonyl (C=O) groups excluding carboxylic acids is 1. The van der Waals surface area contributed by atoms with E-state index in [1.165, 1.54) is 0 Å². The third-order valence-electron chi connectivity index (χ3n) is 3.71. The lowest BCUT2D eigenvalue weighted by atomic mass is 10.00. The van der Waals surface area contributed by atoms with Crippen LogP contribution >= 0.6 is 0 Å². The van der Waals surface area contributed by atoms with Crippen LogP contribution < -0.4 is 11.1 Å². The molecule has 1 aromatic rings. The monoisotopic (exact) mass is 286 g/mol. The molecule has 0 saturated carbocycles. The van der Waals surface area contributed by atoms with E-state index < -0.39 is 0 Å². The fourth-order valence-electron chi connectivity index (χ4n) is 2.49. The van der Waals surface area contributed by atoms with Crippen LogP contribution in [0.5, 0.6) is 0 Å². The highest BCUT2D eigenvalue weighted by molar-refractivity contribution is 5.95. The molecule has 1 aromatic carbocycles. The van der Waals surface area contributed by atoms with Gasteiger partial charge in [0.25, 0.3) is 5.91 Å². The lowest BCUT2D eigenvalue weighted by molar-refractivity contribution is 0.0922. The van der Waals surface area contributed by atoms with Crippen molar-refractivity contribution in [1.82, 2.24) is 5.32 Å². The predicted octanol–water partition coefficient (Wildman–Crippen LogP) is 1.46. The van der Waals surface area contributed by atoms with Gasteiger partial charge in [0.15, 0.2) is 0 Å². The topological polar surface area (TPSA) is 64.4 Å². The van der Waals surface area contributed by atoms with Crippen molar-refractivity contribution in [2.24, 2.45) is 11.7 Å². The average Bonchev–Trinajstić information content (AvgIpc) is 2.98. The summed E-state index contributed by atoms with van der Waals surface area (Å²) in [5.74, 6) is 6.12. The van der Waals surface area contributed by atoms with Crippen LogP contribution in [0.25, 0.3) is 0 Å². The predicted molar refractivity (Wildman–Crippen MR) is 83.0 cm³/mol. The number of aryl methyl sites for hydroxylation is 1. The minimum Gasteiger partial charge on any atom is -0.381 e. The second-order valence-electron chi connectivity index (χ2n) is 5.48. The van der Waals surface area contributed by atoms with Crippen molar-refractivity contribution in [2.75, 3.05) is 19.8 Å². The number of hydrogen-bond donors (Lipinski definition) is 2. The van der Waals surface area contributed by atoms with Gasteiger partial charge in [-0.25, -0.2) is 0 Å². The molecular formula is C17H22N2O2. The molecule has 1 fully saturated rings. The number of carbonyl (C=O) groups is 1. The molecule has 0 radical (unpaired) electrons. The summed E-state index contributed by atoms with van der Waals surface area (Å²) in [7, 11) is 0. The molecule has 2 atom stereocenters. The molecule has 2 rings (SSSR count). The molecule has 3 N–H and O–H groups in total. The summed E-state index contributed by atoms with van der Waals surface area (Å²) >= 11 is 0. The van der Waals surface area contributed by atoms with Crippen molar-refractivity contribution >= 4 is 5.91 Å². The first-order chi connectivity index (χ1) is 10.1. The van der Waals surface area contributed by atoms with E-state index in [-0.39, 0.29) is 11.9 Å². The van der Waals surface area contributed by atoms with Gasteiger partial charge in [-0.15, -0.1) is 0 Å². The Bertz CT molecular complexity index is 566. The number of rotatable bonds is 3. The smallest absolute Gasteiger partial charge is 0.251 e. The first-order valence-electron chi connectivity index (χ1n) is 7.29. The van der Waals surface area contributed by atoms with Gasteiger partial charge in [-0.1, -0.05) is 11.8 Å². The van der Waals surface area contributed by atoms with E-state index in [0.717, 1.165) is 30.8 Å². The van der Waals surface area contributed by atoms with Crippen LogP contribution in [0.3, 0.4) is 0 Å². The van der Waals surface area contributed by atoms with Crippen molar-refractivity contribution in [3.63, 3.8) is 0 Å². The Morgan fingerprint density at radius 3 is 3.00 bits per heavy atom. The number of benzene rings is 1. The second-order valence-corrected chi connectivity index (χ2v) is 5.48. The molecule has 4 nitrogen and oxygen atoms in total. The molecule has 1 amide bonds. The van der Waals surface area contributed by atoms with Crippen LogP contribution in [0.2, 0.25) is 0 Å². The molecule has 112 valence electrons. The first kappa shape index (κ1) is 15.6. The third-order valence-corrected chi connectivity index (χ3v) is 3.71. The summed E-state index contributed by atoms with van der Waals surface area (Å²) in [5.41, 5.74) is 7.86. The van der Waals surface area contributed by atoms with Crippen LogP contribution in [-0.2, 0) is 4.74 Å². The Kier molecular flexibility index (Phi) is 5.38. The Labute approximate surface area is 126 Å². The Morgan fingerprint density at radius 1 is 1.52 bits per heavy atom. The average molecular weight is 286 g/mol. The van der Waals surface area contributed by atoms with Gasteiger partial charge < -0.3 is 15.8 Å². The van der Waals surface area contributed by atoms with E-state index in [2.05, 4.69) is 17.2 Å². The lowest BCUT2D eigenvalue weighted by Gasteiger charge is -2.19. The van der Waals surface area contributed by atoms with Crippen molar-refractivity contribution < 1.29 is 9.53 Å². The zero-order valence-electron chi connectivity index (χ0n) is 12.6. The molecule has 4 heteroatoms. The van der Waals surface area contributed by atoms with Crippen molar-refractivity contribution in [3.05, 3.63) is 34.9 Å². The number of nitrogens with one attached hydrogen (secondary N) is 1. The highest BCUT2D eigenvalue weighted by atomic mass is 16.5. The van der Waals surface area contributed by atoms with Gasteiger partial charge in [-0.05, 0) is 44.0 Å². The first-order valence-corrected chi connectivity index (χ1v) is 7.29. The highest BCUT2D eigenvalue weighted by Crippen LogP contribution is 2.17. The maximum absolute atomic E-state index is 12.4. The largest absolute Gasteiger partial charge is 0.381 e. The van der Waals surface area contributed by atoms with Crippen LogP contribution in [-0.4, -0.2) is 31.7 Å². The van der Waals surface area contributed by atoms with E-state index in [1.807, 2.05) is 32.0 Å². The standard InChI is InChI=1S/C17H22N2O2/c1-12-8-14(4-3-6-18)10-16(9-12)17(20)19-13(2)15-5-7-21-11-15/h8-10,13,15H,5-7,11,18H2,1-2H3,(H,19,20). The molecule has 21 heavy (non-hydrogen) atoms. The van der Waals surface area contributed by atoms with E-state index in [1.54, 1.807) is 0 Å². The van der Waals surface area contributed by atoms with Gasteiger partial charge in [0.2, 0.25) is 0 Å². The summed E-state index contributed by atoms with van der Waals surface area (Å²) in [4.78, 5) is 12.4. The summed E-state index contributed by atoms with van der Waals surface area (Å²) < 4.78 is 5.37. The van der Waals surface area contributed by atoms with Gasteiger partial charge >= 0.3 is 0 Å². The quantitative estimate of drug-likeness (QED) is 0.827. The fourth-order valence-corrected chi connectivity index (χ4v) is 2.49. The van der Waals surface area contributed by atoms with E-state index in [9.17, 15) is 4.79 Å². The lowest BCUT2D eigenvalue weighted by Crippen LogP contribution is -2.38. The van der Waals surface area contributed by atoms with E-state index in [0.29, 0.717) is 18.0 Å². The SMILES string of the molecule is Cc1cc(C#CCN)cc(C(=O)NC(C)C2CCOC2)c1. The van der Waals surface area contributed by atoms with Crippen LogP contribution in [0, 0.1) is 24.7 Å². The summed E-state index contributed by atoms with van der Waals surface area (Å²) in [6, 6.07) is 5.75. The van der Waals surface area contributed by atoms with E-state index >= 15 is 0 Å². The molecule has 1 aliphatic rings. The molecule has 0 spiro atoms. The number of ether oxygens (including phenoxy) is 1. The molecular weight excluding hydrogens is 264 g/mol. The van der Waals surface area contributed by atoms with Crippen molar-refractivity contribution in [2.45, 2.75) is 26.3 Å². The minimum absolute atomic E-state index is 0.0612. The summed E-state index contributed by atoms with van der Waals surface area (Å²) in [6.45, 7) is 5.81. The summed E-state index contributed by atoms with van der Waals surface area (Å²) in [5, 5.41) is 3.06. The fraction of sp³-hybridized carbons (Fsp3) is 0.471. The van der Waals surface area contributed by atoms with Gasteiger partial charge in [0, 0.05) is 29.7 Å². The van der Waals surface area contributed by atoms with Crippen molar-refractivity contribution in [3.8, 4) is 11.8 Å². The normalized spacial score (nSPS) is 18.7. The zero-order valence-corrected chi connectivity index (χ0v) is 12.6. The second kappa shape index (κ2) is 7.26. The molecule has 0 bridgehead atoms. The molecule has 1 aliphatic heterocycles. The number of hydrogen-bond acceptors (Lipinski definition) is 3. The van der Waals surface area contributed by atoms with Crippen LogP contribution in [0.4, 0.5) is 0 Å². The van der Waals surface area contributed by atoms with Crippen molar-refractivity contribution in [1.29, 1.82) is 0 Å². The molecule has 1 heterocycles. The van der Waals surface area contributed by atoms with Gasteiger partial charge in [-0.2, -0.15) is 0 Å². The minimum atomic E-state index is -0.0612. The zero-order chi connectivity index (χ0) is 15.2. The Balaban J connectivity index is 2.09. The number of nitrogens with two attached hydrogens (primary N) is 1. The Hall–Kier alpha value is -1.83. The third kappa shape index (κ3) is 4.32. The van der Waals surface area contributed by atoms with Gasteiger partial charge in [0.05, 0.1) is 13.2 Å². The molecule has 0 aromatic heterocycles. The van der Waals surface area contributed by atoms with E-state index in [4.69, 9.17) is 10.5 Å². The van der Waals surface area contributed by atoms with Gasteiger partial charge in [0.1, 0.15) is 0 Å². The number of amides is 1. The van der Waals surface area contributed by atoms with Crippen LogP contribution in [0.1, 0.15) is 34.8 Å². The summed E-state index contributed by atoms with van der Waals surface area (Å²) in [6.07, 6.45) is 1.00. The molecule has 2 unspecified atom stereocenters. The van der Waals surface area contributed by atoms with Crippen LogP contribution in [0.15, 0.2) is 18.2 Å².